The highest BCUT2D eigenvalue weighted by atomic mass is 32.2. The Morgan fingerprint density at radius 3 is 2.41 bits per heavy atom. The van der Waals surface area contributed by atoms with Crippen molar-refractivity contribution < 1.29 is 17.6 Å². The molecular weight excluding hydrogens is 367 g/mol. The number of carbonyl (C=O) groups excluding carboxylic acids is 1. The number of likely N-dealkylation sites (N-methyl/N-ethyl adjacent to an activating group) is 1. The van der Waals surface area contributed by atoms with Crippen molar-refractivity contribution >= 4 is 15.7 Å². The van der Waals surface area contributed by atoms with E-state index in [4.69, 9.17) is 0 Å². The molecule has 1 saturated carbocycles. The van der Waals surface area contributed by atoms with Crippen molar-refractivity contribution in [2.24, 2.45) is 0 Å². The van der Waals surface area contributed by atoms with Gasteiger partial charge in [0, 0.05) is 18.6 Å². The molecule has 1 aromatic rings. The van der Waals surface area contributed by atoms with Gasteiger partial charge in [0.05, 0.1) is 11.4 Å². The van der Waals surface area contributed by atoms with Gasteiger partial charge in [-0.1, -0.05) is 12.1 Å². The molecule has 1 aliphatic carbocycles. The molecule has 0 saturated heterocycles. The van der Waals surface area contributed by atoms with Crippen LogP contribution in [0.2, 0.25) is 0 Å². The molecule has 0 atom stereocenters. The van der Waals surface area contributed by atoms with E-state index in [-0.39, 0.29) is 41.8 Å². The minimum Gasteiger partial charge on any atom is -0.340 e. The normalized spacial score (nSPS) is 23.9. The third kappa shape index (κ3) is 4.88. The first-order chi connectivity index (χ1) is 12.4. The van der Waals surface area contributed by atoms with Gasteiger partial charge < -0.3 is 10.2 Å². The van der Waals surface area contributed by atoms with Crippen LogP contribution in [0.25, 0.3) is 0 Å². The van der Waals surface area contributed by atoms with Crippen LogP contribution in [-0.2, 0) is 14.6 Å². The zero-order valence-corrected chi connectivity index (χ0v) is 17.7. The SMILES string of the molecule is Cc1cccc(S(=O)(=O)[C@]2(F)CC[C@@H](NCC(=O)N(C)C(C)(C)C)CC2)c1. The van der Waals surface area contributed by atoms with Gasteiger partial charge >= 0.3 is 0 Å². The first-order valence-electron chi connectivity index (χ1n) is 9.37. The second-order valence-electron chi connectivity index (χ2n) is 8.48. The zero-order chi connectivity index (χ0) is 20.5. The maximum atomic E-state index is 15.3. The molecule has 0 radical (unpaired) electrons. The van der Waals surface area contributed by atoms with E-state index in [1.54, 1.807) is 31.0 Å². The van der Waals surface area contributed by atoms with Gasteiger partial charge in [0.15, 0.2) is 0 Å². The summed E-state index contributed by atoms with van der Waals surface area (Å²) >= 11 is 0. The molecule has 5 nitrogen and oxygen atoms in total. The number of sulfone groups is 1. The number of rotatable bonds is 5. The number of halogens is 1. The first-order valence-corrected chi connectivity index (χ1v) is 10.9. The van der Waals surface area contributed by atoms with E-state index in [0.717, 1.165) is 5.56 Å². The minimum atomic E-state index is -4.04. The van der Waals surface area contributed by atoms with Gasteiger partial charge in [0.2, 0.25) is 20.7 Å². The lowest BCUT2D eigenvalue weighted by molar-refractivity contribution is -0.133. The highest BCUT2D eigenvalue weighted by Gasteiger charge is 2.47. The van der Waals surface area contributed by atoms with Crippen LogP contribution in [0.1, 0.15) is 52.0 Å². The summed E-state index contributed by atoms with van der Waals surface area (Å²) in [5.41, 5.74) is 0.526. The summed E-state index contributed by atoms with van der Waals surface area (Å²) in [4.78, 5) is 13.9. The van der Waals surface area contributed by atoms with Gasteiger partial charge in [-0.05, 0) is 71.1 Å². The molecule has 1 fully saturated rings. The summed E-state index contributed by atoms with van der Waals surface area (Å²) in [7, 11) is -2.29. The number of amides is 1. The maximum absolute atomic E-state index is 15.3. The second-order valence-corrected chi connectivity index (χ2v) is 10.7. The van der Waals surface area contributed by atoms with Gasteiger partial charge in [-0.25, -0.2) is 12.8 Å². The molecule has 1 aliphatic rings. The van der Waals surface area contributed by atoms with Gasteiger partial charge in [-0.2, -0.15) is 0 Å². The van der Waals surface area contributed by atoms with E-state index >= 15 is 4.39 Å². The number of nitrogens with one attached hydrogen (secondary N) is 1. The van der Waals surface area contributed by atoms with Crippen LogP contribution in [0.3, 0.4) is 0 Å². The van der Waals surface area contributed by atoms with Crippen molar-refractivity contribution in [2.45, 2.75) is 74.9 Å². The number of nitrogens with zero attached hydrogens (tertiary/aromatic N) is 1. The Kier molecular flexibility index (Phi) is 6.37. The topological polar surface area (TPSA) is 66.5 Å². The van der Waals surface area contributed by atoms with Crippen LogP contribution < -0.4 is 5.32 Å². The Labute approximate surface area is 162 Å². The Hall–Kier alpha value is -1.47. The molecule has 7 heteroatoms. The van der Waals surface area contributed by atoms with Crippen LogP contribution in [0.4, 0.5) is 4.39 Å². The number of alkyl halides is 1. The summed E-state index contributed by atoms with van der Waals surface area (Å²) in [6.45, 7) is 7.83. The molecule has 1 N–H and O–H groups in total. The number of hydrogen-bond donors (Lipinski definition) is 1. The third-order valence-electron chi connectivity index (χ3n) is 5.44. The molecule has 2 rings (SSSR count). The fourth-order valence-electron chi connectivity index (χ4n) is 3.24. The molecular formula is C20H31FN2O3S. The molecule has 1 amide bonds. The Morgan fingerprint density at radius 2 is 1.89 bits per heavy atom. The monoisotopic (exact) mass is 398 g/mol. The summed E-state index contributed by atoms with van der Waals surface area (Å²) in [5.74, 6) is -0.0352. The van der Waals surface area contributed by atoms with Crippen LogP contribution in [0.5, 0.6) is 0 Å². The van der Waals surface area contributed by atoms with Crippen molar-refractivity contribution in [3.8, 4) is 0 Å². The second kappa shape index (κ2) is 7.87. The van der Waals surface area contributed by atoms with Crippen LogP contribution in [0.15, 0.2) is 29.2 Å². The van der Waals surface area contributed by atoms with Gasteiger partial charge in [-0.3, -0.25) is 4.79 Å². The number of benzene rings is 1. The predicted octanol–water partition coefficient (Wildman–Crippen LogP) is 3.22. The summed E-state index contributed by atoms with van der Waals surface area (Å²) < 4.78 is 40.9. The van der Waals surface area contributed by atoms with Crippen molar-refractivity contribution in [3.63, 3.8) is 0 Å². The maximum Gasteiger partial charge on any atom is 0.236 e. The van der Waals surface area contributed by atoms with E-state index in [9.17, 15) is 13.2 Å². The molecule has 0 bridgehead atoms. The van der Waals surface area contributed by atoms with Gasteiger partial charge in [0.25, 0.3) is 0 Å². The molecule has 152 valence electrons. The quantitative estimate of drug-likeness (QED) is 0.827. The van der Waals surface area contributed by atoms with E-state index in [2.05, 4.69) is 5.32 Å². The van der Waals surface area contributed by atoms with Crippen molar-refractivity contribution in [3.05, 3.63) is 29.8 Å². The van der Waals surface area contributed by atoms with E-state index < -0.39 is 14.8 Å². The minimum absolute atomic E-state index is 0.0352. The fraction of sp³-hybridized carbons (Fsp3) is 0.650. The van der Waals surface area contributed by atoms with E-state index in [1.165, 1.54) is 12.1 Å². The first kappa shape index (κ1) is 21.8. The van der Waals surface area contributed by atoms with E-state index in [0.29, 0.717) is 12.8 Å². The lowest BCUT2D eigenvalue weighted by Crippen LogP contribution is -2.49. The van der Waals surface area contributed by atoms with Gasteiger partial charge in [-0.15, -0.1) is 0 Å². The molecule has 0 spiro atoms. The third-order valence-corrected chi connectivity index (χ3v) is 7.68. The molecule has 27 heavy (non-hydrogen) atoms. The summed E-state index contributed by atoms with van der Waals surface area (Å²) in [6, 6.07) is 6.34. The van der Waals surface area contributed by atoms with Gasteiger partial charge in [0.1, 0.15) is 0 Å². The lowest BCUT2D eigenvalue weighted by Gasteiger charge is -2.35. The van der Waals surface area contributed by atoms with E-state index in [1.807, 2.05) is 20.8 Å². The van der Waals surface area contributed by atoms with Crippen molar-refractivity contribution in [1.29, 1.82) is 0 Å². The fourth-order valence-corrected chi connectivity index (χ4v) is 5.03. The van der Waals surface area contributed by atoms with Crippen molar-refractivity contribution in [1.82, 2.24) is 10.2 Å². The average Bonchev–Trinajstić information content (AvgIpc) is 2.59. The average molecular weight is 399 g/mol. The Bertz CT molecular complexity index is 779. The summed E-state index contributed by atoms with van der Waals surface area (Å²) in [5, 5.41) is 0.915. The zero-order valence-electron chi connectivity index (χ0n) is 16.9. The molecule has 1 aromatic carbocycles. The standard InChI is InChI=1S/C20H31FN2O3S/c1-15-7-6-8-17(13-15)27(25,26)20(21)11-9-16(10-12-20)22-14-18(24)23(5)19(2,3)4/h6-8,13,16,22H,9-12,14H2,1-5H3/t16-,20-. The highest BCUT2D eigenvalue weighted by Crippen LogP contribution is 2.40. The Balaban J connectivity index is 1.97. The molecule has 0 heterocycles. The molecule has 0 aliphatic heterocycles. The molecule has 0 aromatic heterocycles. The Morgan fingerprint density at radius 1 is 1.30 bits per heavy atom. The van der Waals surface area contributed by atoms with Crippen LogP contribution in [-0.4, -0.2) is 49.4 Å². The van der Waals surface area contributed by atoms with Crippen LogP contribution in [0, 0.1) is 6.92 Å². The number of aryl methyl sites for hydroxylation is 1. The lowest BCUT2D eigenvalue weighted by atomic mass is 9.93. The smallest absolute Gasteiger partial charge is 0.236 e. The molecule has 0 unspecified atom stereocenters. The van der Waals surface area contributed by atoms with Crippen molar-refractivity contribution in [2.75, 3.05) is 13.6 Å². The predicted molar refractivity (Wildman–Crippen MR) is 105 cm³/mol. The van der Waals surface area contributed by atoms with Crippen LogP contribution >= 0.6 is 0 Å². The largest absolute Gasteiger partial charge is 0.340 e. The number of hydrogen-bond acceptors (Lipinski definition) is 4. The number of carbonyl (C=O) groups is 1. The highest BCUT2D eigenvalue weighted by molar-refractivity contribution is 7.92. The summed E-state index contributed by atoms with van der Waals surface area (Å²) in [6.07, 6.45) is 0.636.